The maximum Gasteiger partial charge on any atom is 0.0993 e. The Kier molecular flexibility index (Phi) is 3.29. The van der Waals surface area contributed by atoms with Crippen molar-refractivity contribution in [3.8, 4) is 0 Å². The van der Waals surface area contributed by atoms with Gasteiger partial charge in [-0.2, -0.15) is 0 Å². The van der Waals surface area contributed by atoms with Gasteiger partial charge in [-0.1, -0.05) is 0 Å². The number of halogens is 1. The van der Waals surface area contributed by atoms with Crippen LogP contribution in [0.4, 0.5) is 0 Å². The van der Waals surface area contributed by atoms with Crippen molar-refractivity contribution in [2.45, 2.75) is 37.1 Å². The molecular formula is C10H17ClN2O. The molecular weight excluding hydrogens is 200 g/mol. The van der Waals surface area contributed by atoms with Gasteiger partial charge in [0.05, 0.1) is 30.4 Å². The van der Waals surface area contributed by atoms with E-state index in [9.17, 15) is 5.11 Å². The third-order valence-corrected chi connectivity index (χ3v) is 3.43. The summed E-state index contributed by atoms with van der Waals surface area (Å²) in [7, 11) is 0. The fourth-order valence-electron chi connectivity index (χ4n) is 2.26. The molecule has 0 aromatic rings. The summed E-state index contributed by atoms with van der Waals surface area (Å²) in [6, 6.07) is 0.306. The van der Waals surface area contributed by atoms with Crippen LogP contribution in [0.25, 0.3) is 0 Å². The van der Waals surface area contributed by atoms with Gasteiger partial charge >= 0.3 is 0 Å². The number of likely N-dealkylation sites (tertiary alicyclic amines) is 1. The number of hydrogen-bond donors (Lipinski definition) is 1. The predicted octanol–water partition coefficient (Wildman–Crippen LogP) is 1.24. The van der Waals surface area contributed by atoms with Gasteiger partial charge in [0.1, 0.15) is 0 Å². The fourth-order valence-corrected chi connectivity index (χ4v) is 2.44. The molecule has 2 rings (SSSR count). The number of rotatable bonds is 1. The van der Waals surface area contributed by atoms with Gasteiger partial charge in [-0.3, -0.25) is 4.99 Å². The Morgan fingerprint density at radius 2 is 2.36 bits per heavy atom. The third-order valence-electron chi connectivity index (χ3n) is 3.07. The topological polar surface area (TPSA) is 35.8 Å². The second kappa shape index (κ2) is 4.49. The lowest BCUT2D eigenvalue weighted by atomic mass is 10.1. The molecule has 0 aromatic heterocycles. The second-order valence-electron chi connectivity index (χ2n) is 4.06. The summed E-state index contributed by atoms with van der Waals surface area (Å²) >= 11 is 5.98. The fraction of sp³-hybridized carbons (Fsp3) is 0.900. The van der Waals surface area contributed by atoms with Crippen LogP contribution in [-0.2, 0) is 0 Å². The number of aliphatic imine (C=N–C) groups is 1. The lowest BCUT2D eigenvalue weighted by molar-refractivity contribution is 0.206. The van der Waals surface area contributed by atoms with Crippen molar-refractivity contribution in [3.63, 3.8) is 0 Å². The maximum absolute atomic E-state index is 9.20. The average Bonchev–Trinajstić information content (AvgIpc) is 2.67. The minimum Gasteiger partial charge on any atom is -0.394 e. The van der Waals surface area contributed by atoms with E-state index in [-0.39, 0.29) is 12.0 Å². The quantitative estimate of drug-likeness (QED) is 0.670. The Labute approximate surface area is 89.8 Å². The van der Waals surface area contributed by atoms with Crippen LogP contribution >= 0.6 is 11.6 Å². The minimum absolute atomic E-state index is 0.217. The van der Waals surface area contributed by atoms with Crippen molar-refractivity contribution in [1.29, 1.82) is 0 Å². The Bertz CT molecular complexity index is 232. The molecule has 2 aliphatic heterocycles. The Morgan fingerprint density at radius 1 is 1.50 bits per heavy atom. The maximum atomic E-state index is 9.20. The molecule has 14 heavy (non-hydrogen) atoms. The molecule has 1 saturated heterocycles. The average molecular weight is 217 g/mol. The van der Waals surface area contributed by atoms with Crippen LogP contribution in [0.2, 0.25) is 0 Å². The molecule has 0 bridgehead atoms. The van der Waals surface area contributed by atoms with Crippen molar-refractivity contribution in [2.24, 2.45) is 4.99 Å². The zero-order chi connectivity index (χ0) is 9.97. The number of nitrogens with zero attached hydrogens (tertiary/aromatic N) is 2. The van der Waals surface area contributed by atoms with Crippen LogP contribution in [0.15, 0.2) is 4.99 Å². The summed E-state index contributed by atoms with van der Waals surface area (Å²) in [5.74, 6) is 1.17. The summed E-state index contributed by atoms with van der Waals surface area (Å²) in [5.41, 5.74) is 0. The summed E-state index contributed by atoms with van der Waals surface area (Å²) in [6.07, 6.45) is 4.27. The van der Waals surface area contributed by atoms with Gasteiger partial charge in [0.25, 0.3) is 0 Å². The van der Waals surface area contributed by atoms with Crippen molar-refractivity contribution < 1.29 is 5.11 Å². The van der Waals surface area contributed by atoms with E-state index in [1.165, 1.54) is 12.3 Å². The van der Waals surface area contributed by atoms with E-state index in [0.29, 0.717) is 6.04 Å². The van der Waals surface area contributed by atoms with Gasteiger partial charge in [-0.15, -0.1) is 11.6 Å². The molecule has 2 unspecified atom stereocenters. The lowest BCUT2D eigenvalue weighted by Gasteiger charge is -2.29. The number of aliphatic hydroxyl groups is 1. The molecule has 1 fully saturated rings. The van der Waals surface area contributed by atoms with Crippen molar-refractivity contribution in [1.82, 2.24) is 4.90 Å². The van der Waals surface area contributed by atoms with Crippen LogP contribution in [0.1, 0.15) is 25.7 Å². The highest BCUT2D eigenvalue weighted by Crippen LogP contribution is 2.22. The van der Waals surface area contributed by atoms with Gasteiger partial charge in [-0.25, -0.2) is 0 Å². The van der Waals surface area contributed by atoms with Crippen molar-refractivity contribution >= 4 is 17.4 Å². The normalized spacial score (nSPS) is 33.3. The van der Waals surface area contributed by atoms with E-state index < -0.39 is 0 Å². The molecule has 2 heterocycles. The molecule has 1 N–H and O–H groups in total. The first-order valence-electron chi connectivity index (χ1n) is 5.36. The molecule has 2 aliphatic rings. The van der Waals surface area contributed by atoms with Crippen molar-refractivity contribution in [2.75, 3.05) is 19.7 Å². The smallest absolute Gasteiger partial charge is 0.0993 e. The van der Waals surface area contributed by atoms with Gasteiger partial charge in [0.2, 0.25) is 0 Å². The van der Waals surface area contributed by atoms with E-state index in [0.717, 1.165) is 32.4 Å². The highest BCUT2D eigenvalue weighted by molar-refractivity contribution is 6.21. The molecule has 0 radical (unpaired) electrons. The monoisotopic (exact) mass is 216 g/mol. The van der Waals surface area contributed by atoms with Crippen LogP contribution in [0, 0.1) is 0 Å². The summed E-state index contributed by atoms with van der Waals surface area (Å²) < 4.78 is 0. The molecule has 0 aromatic carbocycles. The first-order valence-corrected chi connectivity index (χ1v) is 5.80. The molecule has 0 amide bonds. The molecule has 4 heteroatoms. The van der Waals surface area contributed by atoms with E-state index in [1.54, 1.807) is 0 Å². The van der Waals surface area contributed by atoms with E-state index in [1.807, 2.05) is 0 Å². The summed E-state index contributed by atoms with van der Waals surface area (Å²) in [6.45, 7) is 2.05. The Morgan fingerprint density at radius 3 is 3.00 bits per heavy atom. The van der Waals surface area contributed by atoms with Gasteiger partial charge in [0.15, 0.2) is 0 Å². The zero-order valence-corrected chi connectivity index (χ0v) is 9.08. The van der Waals surface area contributed by atoms with Crippen LogP contribution in [-0.4, -0.2) is 47.0 Å². The minimum atomic E-state index is 0.217. The van der Waals surface area contributed by atoms with Crippen LogP contribution in [0.5, 0.6) is 0 Å². The van der Waals surface area contributed by atoms with Gasteiger partial charge < -0.3 is 10.0 Å². The first kappa shape index (κ1) is 10.2. The molecule has 3 nitrogen and oxygen atoms in total. The zero-order valence-electron chi connectivity index (χ0n) is 8.32. The first-order chi connectivity index (χ1) is 6.81. The Balaban J connectivity index is 2.00. The standard InChI is InChI=1S/C10H17ClN2O/c11-8-3-4-10(12-6-8)13-5-1-2-9(13)7-14/h8-9,14H,1-7H2. The van der Waals surface area contributed by atoms with E-state index >= 15 is 0 Å². The highest BCUT2D eigenvalue weighted by Gasteiger charge is 2.28. The predicted molar refractivity (Wildman–Crippen MR) is 58.0 cm³/mol. The lowest BCUT2D eigenvalue weighted by Crippen LogP contribution is -2.39. The molecule has 0 spiro atoms. The number of aliphatic hydroxyl groups excluding tert-OH is 1. The summed E-state index contributed by atoms with van der Waals surface area (Å²) in [5, 5.41) is 9.41. The largest absolute Gasteiger partial charge is 0.394 e. The molecule has 2 atom stereocenters. The second-order valence-corrected chi connectivity index (χ2v) is 4.68. The number of hydrogen-bond acceptors (Lipinski definition) is 3. The van der Waals surface area contributed by atoms with E-state index in [2.05, 4.69) is 9.89 Å². The van der Waals surface area contributed by atoms with Gasteiger partial charge in [0, 0.05) is 13.0 Å². The van der Waals surface area contributed by atoms with Crippen LogP contribution < -0.4 is 0 Å². The van der Waals surface area contributed by atoms with Gasteiger partial charge in [-0.05, 0) is 19.3 Å². The molecule has 0 aliphatic carbocycles. The SMILES string of the molecule is OCC1CCCN1C1=NCC(Cl)CC1. The van der Waals surface area contributed by atoms with Crippen molar-refractivity contribution in [3.05, 3.63) is 0 Å². The molecule has 80 valence electrons. The third kappa shape index (κ3) is 2.04. The number of amidine groups is 1. The number of alkyl halides is 1. The highest BCUT2D eigenvalue weighted by atomic mass is 35.5. The van der Waals surface area contributed by atoms with Crippen LogP contribution in [0.3, 0.4) is 0 Å². The Hall–Kier alpha value is -0.280. The summed E-state index contributed by atoms with van der Waals surface area (Å²) in [4.78, 5) is 6.76. The molecule has 0 saturated carbocycles. The van der Waals surface area contributed by atoms with E-state index in [4.69, 9.17) is 11.6 Å².